The summed E-state index contributed by atoms with van der Waals surface area (Å²) in [4.78, 5) is 11.4. The number of carbonyl (C=O) groups is 1. The van der Waals surface area contributed by atoms with Gasteiger partial charge in [-0.2, -0.15) is 5.10 Å². The van der Waals surface area contributed by atoms with Crippen LogP contribution < -0.4 is 11.1 Å². The van der Waals surface area contributed by atoms with Crippen LogP contribution >= 0.6 is 0 Å². The summed E-state index contributed by atoms with van der Waals surface area (Å²) < 4.78 is 1.92. The number of hydrogen-bond donors (Lipinski definition) is 2. The van der Waals surface area contributed by atoms with E-state index in [-0.39, 0.29) is 12.1 Å². The summed E-state index contributed by atoms with van der Waals surface area (Å²) in [7, 11) is 0. The molecule has 1 aliphatic rings. The number of nitrogens with zero attached hydrogens (tertiary/aromatic N) is 2. The summed E-state index contributed by atoms with van der Waals surface area (Å²) in [6.07, 6.45) is 0.901. The quantitative estimate of drug-likeness (QED) is 0.776. The van der Waals surface area contributed by atoms with Gasteiger partial charge >= 0.3 is 0 Å². The van der Waals surface area contributed by atoms with Crippen LogP contribution in [0.1, 0.15) is 54.6 Å². The van der Waals surface area contributed by atoms with Gasteiger partial charge in [-0.15, -0.1) is 0 Å². The molecule has 1 atom stereocenters. The monoisotopic (exact) mass is 222 g/mol. The third kappa shape index (κ3) is 1.61. The predicted octanol–water partition coefficient (Wildman–Crippen LogP) is 0.770. The molecule has 0 bridgehead atoms. The van der Waals surface area contributed by atoms with Crippen molar-refractivity contribution in [1.29, 1.82) is 0 Å². The van der Waals surface area contributed by atoms with Gasteiger partial charge in [0.2, 0.25) is 0 Å². The molecular weight excluding hydrogens is 204 g/mol. The molecular formula is C11H18N4O. The van der Waals surface area contributed by atoms with Crippen molar-refractivity contribution in [2.45, 2.75) is 39.3 Å². The highest BCUT2D eigenvalue weighted by molar-refractivity contribution is 5.92. The lowest BCUT2D eigenvalue weighted by Crippen LogP contribution is -2.30. The molecule has 5 heteroatoms. The second kappa shape index (κ2) is 3.90. The number of primary amides is 1. The van der Waals surface area contributed by atoms with E-state index in [0.717, 1.165) is 24.2 Å². The molecule has 16 heavy (non-hydrogen) atoms. The average molecular weight is 222 g/mol. The lowest BCUT2D eigenvalue weighted by atomic mass is 9.99. The smallest absolute Gasteiger partial charge is 0.269 e. The second-order valence-corrected chi connectivity index (χ2v) is 4.54. The predicted molar refractivity (Wildman–Crippen MR) is 61.3 cm³/mol. The number of aromatic nitrogens is 2. The maximum absolute atomic E-state index is 11.4. The van der Waals surface area contributed by atoms with Crippen molar-refractivity contribution in [3.05, 3.63) is 17.0 Å². The van der Waals surface area contributed by atoms with Crippen LogP contribution in [0.4, 0.5) is 0 Å². The number of rotatable bonds is 2. The third-order valence-electron chi connectivity index (χ3n) is 3.02. The zero-order valence-electron chi connectivity index (χ0n) is 9.95. The van der Waals surface area contributed by atoms with E-state index in [1.807, 2.05) is 11.6 Å². The molecule has 0 aliphatic carbocycles. The van der Waals surface area contributed by atoms with E-state index in [9.17, 15) is 4.79 Å². The number of amides is 1. The van der Waals surface area contributed by atoms with Crippen molar-refractivity contribution in [2.75, 3.05) is 6.54 Å². The average Bonchev–Trinajstić information content (AvgIpc) is 2.58. The molecule has 1 aliphatic heterocycles. The zero-order chi connectivity index (χ0) is 11.9. The summed E-state index contributed by atoms with van der Waals surface area (Å²) in [5.74, 6) is -0.439. The molecule has 1 amide bonds. The summed E-state index contributed by atoms with van der Waals surface area (Å²) in [5.41, 5.74) is 7.92. The Balaban J connectivity index is 2.60. The lowest BCUT2D eigenvalue weighted by molar-refractivity contribution is 0.0993. The summed E-state index contributed by atoms with van der Waals surface area (Å²) in [6.45, 7) is 7.08. The highest BCUT2D eigenvalue weighted by Crippen LogP contribution is 2.27. The van der Waals surface area contributed by atoms with Gasteiger partial charge in [0.1, 0.15) is 0 Å². The van der Waals surface area contributed by atoms with Crippen LogP contribution in [0.25, 0.3) is 0 Å². The van der Waals surface area contributed by atoms with Crippen molar-refractivity contribution < 1.29 is 4.79 Å². The number of nitrogens with one attached hydrogen (secondary N) is 1. The largest absolute Gasteiger partial charge is 0.364 e. The first-order valence-corrected chi connectivity index (χ1v) is 5.66. The van der Waals surface area contributed by atoms with Crippen LogP contribution in [-0.2, 0) is 6.42 Å². The van der Waals surface area contributed by atoms with Crippen molar-refractivity contribution in [3.63, 3.8) is 0 Å². The fraction of sp³-hybridized carbons (Fsp3) is 0.636. The van der Waals surface area contributed by atoms with E-state index >= 15 is 0 Å². The number of nitrogens with two attached hydrogens (primary N) is 1. The fourth-order valence-corrected chi connectivity index (χ4v) is 2.30. The standard InChI is InChI=1S/C11H18N4O/c1-6(2)15-8-4-5-13-7(3)9(8)10(14-15)11(12)16/h6-7,13H,4-5H2,1-3H3,(H2,12,16). The first-order valence-electron chi connectivity index (χ1n) is 5.66. The van der Waals surface area contributed by atoms with Gasteiger partial charge in [0.05, 0.1) is 0 Å². The highest BCUT2D eigenvalue weighted by atomic mass is 16.1. The molecule has 0 radical (unpaired) electrons. The molecule has 5 nitrogen and oxygen atoms in total. The van der Waals surface area contributed by atoms with Crippen molar-refractivity contribution in [2.24, 2.45) is 5.73 Å². The highest BCUT2D eigenvalue weighted by Gasteiger charge is 2.28. The molecule has 1 aromatic heterocycles. The summed E-state index contributed by atoms with van der Waals surface area (Å²) in [6, 6.07) is 0.408. The Morgan fingerprint density at radius 3 is 2.88 bits per heavy atom. The van der Waals surface area contributed by atoms with Gasteiger partial charge in [-0.25, -0.2) is 0 Å². The summed E-state index contributed by atoms with van der Waals surface area (Å²) in [5, 5.41) is 7.67. The van der Waals surface area contributed by atoms with Crippen LogP contribution in [0.2, 0.25) is 0 Å². The molecule has 2 rings (SSSR count). The SMILES string of the molecule is CC1NCCc2c1c(C(N)=O)nn2C(C)C. The van der Waals surface area contributed by atoms with Crippen LogP contribution in [0.15, 0.2) is 0 Å². The Kier molecular flexibility index (Phi) is 2.71. The summed E-state index contributed by atoms with van der Waals surface area (Å²) >= 11 is 0. The van der Waals surface area contributed by atoms with Crippen LogP contribution in [0, 0.1) is 0 Å². The van der Waals surface area contributed by atoms with E-state index in [0.29, 0.717) is 5.69 Å². The Hall–Kier alpha value is -1.36. The molecule has 1 unspecified atom stereocenters. The van der Waals surface area contributed by atoms with E-state index in [4.69, 9.17) is 5.73 Å². The normalized spacial score (nSPS) is 19.9. The van der Waals surface area contributed by atoms with Crippen LogP contribution in [0.3, 0.4) is 0 Å². The van der Waals surface area contributed by atoms with Crippen molar-refractivity contribution >= 4 is 5.91 Å². The molecule has 0 saturated carbocycles. The van der Waals surface area contributed by atoms with Gasteiger partial charge in [-0.05, 0) is 20.8 Å². The zero-order valence-corrected chi connectivity index (χ0v) is 9.95. The minimum Gasteiger partial charge on any atom is -0.364 e. The first kappa shape index (κ1) is 11.1. The van der Waals surface area contributed by atoms with Gasteiger partial charge < -0.3 is 11.1 Å². The molecule has 0 aromatic carbocycles. The first-order chi connectivity index (χ1) is 7.52. The Labute approximate surface area is 95.0 Å². The minimum atomic E-state index is -0.439. The van der Waals surface area contributed by atoms with E-state index in [2.05, 4.69) is 24.3 Å². The molecule has 88 valence electrons. The Bertz CT molecular complexity index is 422. The molecule has 0 spiro atoms. The number of fused-ring (bicyclic) bond motifs is 1. The van der Waals surface area contributed by atoms with Gasteiger partial charge in [-0.3, -0.25) is 9.48 Å². The lowest BCUT2D eigenvalue weighted by Gasteiger charge is -2.22. The molecule has 2 heterocycles. The van der Waals surface area contributed by atoms with Crippen molar-refractivity contribution in [3.8, 4) is 0 Å². The maximum Gasteiger partial charge on any atom is 0.269 e. The molecule has 0 saturated heterocycles. The Morgan fingerprint density at radius 1 is 1.62 bits per heavy atom. The fourth-order valence-electron chi connectivity index (χ4n) is 2.30. The van der Waals surface area contributed by atoms with E-state index in [1.54, 1.807) is 0 Å². The number of hydrogen-bond acceptors (Lipinski definition) is 3. The molecule has 1 aromatic rings. The van der Waals surface area contributed by atoms with Gasteiger partial charge in [-0.1, -0.05) is 0 Å². The molecule has 3 N–H and O–H groups in total. The van der Waals surface area contributed by atoms with Gasteiger partial charge in [0, 0.05) is 36.3 Å². The number of carbonyl (C=O) groups excluding carboxylic acids is 1. The van der Waals surface area contributed by atoms with Crippen LogP contribution in [-0.4, -0.2) is 22.2 Å². The topological polar surface area (TPSA) is 72.9 Å². The van der Waals surface area contributed by atoms with Crippen molar-refractivity contribution in [1.82, 2.24) is 15.1 Å². The maximum atomic E-state index is 11.4. The van der Waals surface area contributed by atoms with Gasteiger partial charge in [0.15, 0.2) is 5.69 Å². The van der Waals surface area contributed by atoms with E-state index < -0.39 is 5.91 Å². The third-order valence-corrected chi connectivity index (χ3v) is 3.02. The Morgan fingerprint density at radius 2 is 2.31 bits per heavy atom. The van der Waals surface area contributed by atoms with Crippen LogP contribution in [0.5, 0.6) is 0 Å². The second-order valence-electron chi connectivity index (χ2n) is 4.54. The van der Waals surface area contributed by atoms with E-state index in [1.165, 1.54) is 0 Å². The minimum absolute atomic E-state index is 0.152. The van der Waals surface area contributed by atoms with Gasteiger partial charge in [0.25, 0.3) is 5.91 Å². The molecule has 0 fully saturated rings.